The van der Waals surface area contributed by atoms with Crippen LogP contribution in [0.4, 0.5) is 0 Å². The van der Waals surface area contributed by atoms with Crippen LogP contribution in [0.15, 0.2) is 4.34 Å². The molecular weight excluding hydrogens is 242 g/mol. The van der Waals surface area contributed by atoms with Gasteiger partial charge in [-0.3, -0.25) is 4.79 Å². The first-order valence-electron chi connectivity index (χ1n) is 5.29. The number of hydrogen-bond donors (Lipinski definition) is 1. The van der Waals surface area contributed by atoms with Gasteiger partial charge in [-0.15, -0.1) is 11.3 Å². The van der Waals surface area contributed by atoms with E-state index in [-0.39, 0.29) is 5.41 Å². The molecule has 0 atom stereocenters. The number of thiazole rings is 1. The summed E-state index contributed by atoms with van der Waals surface area (Å²) in [5.41, 5.74) is 1.15. The summed E-state index contributed by atoms with van der Waals surface area (Å²) in [6, 6.07) is 0. The monoisotopic (exact) mass is 257 g/mol. The van der Waals surface area contributed by atoms with Gasteiger partial charge in [0, 0.05) is 10.6 Å². The molecule has 88 valence electrons. The molecule has 0 unspecified atom stereocenters. The Bertz CT molecular complexity index is 391. The van der Waals surface area contributed by atoms with E-state index >= 15 is 0 Å². The first-order valence-corrected chi connectivity index (χ1v) is 7.10. The van der Waals surface area contributed by atoms with Crippen LogP contribution in [0.5, 0.6) is 0 Å². The quantitative estimate of drug-likeness (QED) is 0.823. The molecule has 0 radical (unpaired) electrons. The normalized spacial score (nSPS) is 17.4. The summed E-state index contributed by atoms with van der Waals surface area (Å²) in [6.07, 6.45) is 2.41. The van der Waals surface area contributed by atoms with Crippen LogP contribution in [0, 0.1) is 19.3 Å². The fourth-order valence-electron chi connectivity index (χ4n) is 1.59. The van der Waals surface area contributed by atoms with Gasteiger partial charge in [0.1, 0.15) is 4.34 Å². The SMILES string of the molecule is Cc1nc(SCC2(CC(=O)O)CC2)sc1C. The van der Waals surface area contributed by atoms with Gasteiger partial charge < -0.3 is 5.11 Å². The molecule has 0 aromatic carbocycles. The smallest absolute Gasteiger partial charge is 0.303 e. The van der Waals surface area contributed by atoms with E-state index in [0.717, 1.165) is 28.6 Å². The summed E-state index contributed by atoms with van der Waals surface area (Å²) < 4.78 is 1.08. The first kappa shape index (κ1) is 11.9. The Morgan fingerprint density at radius 2 is 2.25 bits per heavy atom. The van der Waals surface area contributed by atoms with Crippen LogP contribution in [-0.2, 0) is 4.79 Å². The molecule has 1 aliphatic carbocycles. The van der Waals surface area contributed by atoms with Crippen LogP contribution in [0.25, 0.3) is 0 Å². The van der Waals surface area contributed by atoms with Crippen molar-refractivity contribution in [3.8, 4) is 0 Å². The van der Waals surface area contributed by atoms with E-state index in [2.05, 4.69) is 11.9 Å². The Morgan fingerprint density at radius 1 is 1.56 bits per heavy atom. The molecule has 0 spiro atoms. The number of carboxylic acid groups (broad SMARTS) is 1. The highest BCUT2D eigenvalue weighted by atomic mass is 32.2. The Morgan fingerprint density at radius 3 is 2.69 bits per heavy atom. The van der Waals surface area contributed by atoms with E-state index in [1.54, 1.807) is 23.1 Å². The Labute approximate surface area is 103 Å². The van der Waals surface area contributed by atoms with Crippen molar-refractivity contribution in [2.75, 3.05) is 5.75 Å². The van der Waals surface area contributed by atoms with Crippen LogP contribution in [-0.4, -0.2) is 21.8 Å². The number of thioether (sulfide) groups is 1. The van der Waals surface area contributed by atoms with E-state index in [4.69, 9.17) is 5.11 Å². The number of aliphatic carboxylic acids is 1. The second-order valence-electron chi connectivity index (χ2n) is 4.48. The van der Waals surface area contributed by atoms with E-state index in [1.807, 2.05) is 6.92 Å². The average molecular weight is 257 g/mol. The number of aromatic nitrogens is 1. The first-order chi connectivity index (χ1) is 7.51. The van der Waals surface area contributed by atoms with Crippen molar-refractivity contribution in [3.05, 3.63) is 10.6 Å². The zero-order valence-corrected chi connectivity index (χ0v) is 11.1. The van der Waals surface area contributed by atoms with Crippen molar-refractivity contribution in [1.82, 2.24) is 4.98 Å². The van der Waals surface area contributed by atoms with Crippen LogP contribution >= 0.6 is 23.1 Å². The zero-order valence-electron chi connectivity index (χ0n) is 9.45. The Kier molecular flexibility index (Phi) is 3.26. The van der Waals surface area contributed by atoms with Crippen molar-refractivity contribution in [3.63, 3.8) is 0 Å². The van der Waals surface area contributed by atoms with Gasteiger partial charge in [0.25, 0.3) is 0 Å². The molecule has 1 saturated carbocycles. The fraction of sp³-hybridized carbons (Fsp3) is 0.636. The summed E-state index contributed by atoms with van der Waals surface area (Å²) in [7, 11) is 0. The molecule has 1 heterocycles. The third-order valence-corrected chi connectivity index (χ3v) is 5.56. The van der Waals surface area contributed by atoms with Gasteiger partial charge in [0.2, 0.25) is 0 Å². The molecule has 1 fully saturated rings. The molecule has 1 N–H and O–H groups in total. The second kappa shape index (κ2) is 4.37. The summed E-state index contributed by atoms with van der Waals surface area (Å²) in [6.45, 7) is 4.08. The highest BCUT2D eigenvalue weighted by Gasteiger charge is 2.44. The lowest BCUT2D eigenvalue weighted by atomic mass is 10.1. The van der Waals surface area contributed by atoms with Crippen LogP contribution in [0.1, 0.15) is 29.8 Å². The van der Waals surface area contributed by atoms with Crippen molar-refractivity contribution < 1.29 is 9.90 Å². The lowest BCUT2D eigenvalue weighted by molar-refractivity contribution is -0.138. The molecular formula is C11H15NO2S2. The minimum atomic E-state index is -0.676. The van der Waals surface area contributed by atoms with Crippen molar-refractivity contribution in [2.45, 2.75) is 37.4 Å². The molecule has 1 aromatic heterocycles. The van der Waals surface area contributed by atoms with Gasteiger partial charge in [-0.1, -0.05) is 11.8 Å². The number of carbonyl (C=O) groups is 1. The highest BCUT2D eigenvalue weighted by Crippen LogP contribution is 2.52. The third-order valence-electron chi connectivity index (χ3n) is 2.99. The molecule has 0 aliphatic heterocycles. The molecule has 2 rings (SSSR count). The number of nitrogens with zero attached hydrogens (tertiary/aromatic N) is 1. The Balaban J connectivity index is 1.90. The summed E-state index contributed by atoms with van der Waals surface area (Å²) in [4.78, 5) is 16.4. The maximum atomic E-state index is 10.7. The third kappa shape index (κ3) is 2.77. The molecule has 16 heavy (non-hydrogen) atoms. The number of hydrogen-bond acceptors (Lipinski definition) is 4. The Hall–Kier alpha value is -0.550. The summed E-state index contributed by atoms with van der Waals surface area (Å²) in [5.74, 6) is 0.218. The van der Waals surface area contributed by atoms with Crippen LogP contribution < -0.4 is 0 Å². The van der Waals surface area contributed by atoms with E-state index in [1.165, 1.54) is 4.88 Å². The number of aryl methyl sites for hydroxylation is 2. The molecule has 5 heteroatoms. The van der Waals surface area contributed by atoms with E-state index < -0.39 is 5.97 Å². The second-order valence-corrected chi connectivity index (χ2v) is 6.91. The predicted molar refractivity (Wildman–Crippen MR) is 66.2 cm³/mol. The summed E-state index contributed by atoms with van der Waals surface area (Å²) in [5, 5.41) is 8.81. The van der Waals surface area contributed by atoms with E-state index in [9.17, 15) is 4.79 Å². The van der Waals surface area contributed by atoms with Crippen molar-refractivity contribution in [2.24, 2.45) is 5.41 Å². The minimum absolute atomic E-state index is 0.0595. The van der Waals surface area contributed by atoms with Crippen molar-refractivity contribution in [1.29, 1.82) is 0 Å². The fourth-order valence-corrected chi connectivity index (χ4v) is 4.04. The number of rotatable bonds is 5. The molecule has 0 amide bonds. The molecule has 0 saturated heterocycles. The van der Waals surface area contributed by atoms with Crippen molar-refractivity contribution >= 4 is 29.1 Å². The van der Waals surface area contributed by atoms with Gasteiger partial charge in [-0.2, -0.15) is 0 Å². The average Bonchev–Trinajstić information content (AvgIpc) is 2.86. The van der Waals surface area contributed by atoms with Gasteiger partial charge >= 0.3 is 5.97 Å². The summed E-state index contributed by atoms with van der Waals surface area (Å²) >= 11 is 3.42. The van der Waals surface area contributed by atoms with Gasteiger partial charge in [-0.25, -0.2) is 4.98 Å². The maximum Gasteiger partial charge on any atom is 0.303 e. The predicted octanol–water partition coefficient (Wildman–Crippen LogP) is 3.11. The van der Waals surface area contributed by atoms with Crippen LogP contribution in [0.2, 0.25) is 0 Å². The van der Waals surface area contributed by atoms with E-state index in [0.29, 0.717) is 6.42 Å². The zero-order chi connectivity index (χ0) is 11.8. The van der Waals surface area contributed by atoms with Crippen LogP contribution in [0.3, 0.4) is 0 Å². The van der Waals surface area contributed by atoms with Gasteiger partial charge in [0.05, 0.1) is 12.1 Å². The molecule has 3 nitrogen and oxygen atoms in total. The highest BCUT2D eigenvalue weighted by molar-refractivity contribution is 8.01. The minimum Gasteiger partial charge on any atom is -0.481 e. The lowest BCUT2D eigenvalue weighted by Gasteiger charge is -2.09. The standard InChI is InChI=1S/C11H15NO2S2/c1-7-8(2)16-10(12-7)15-6-11(3-4-11)5-9(13)14/h3-6H2,1-2H3,(H,13,14). The number of carboxylic acids is 1. The topological polar surface area (TPSA) is 50.2 Å². The molecule has 1 aromatic rings. The maximum absolute atomic E-state index is 10.7. The van der Waals surface area contributed by atoms with Gasteiger partial charge in [0.15, 0.2) is 0 Å². The molecule has 1 aliphatic rings. The largest absolute Gasteiger partial charge is 0.481 e. The van der Waals surface area contributed by atoms with Gasteiger partial charge in [-0.05, 0) is 32.1 Å². The molecule has 0 bridgehead atoms. The lowest BCUT2D eigenvalue weighted by Crippen LogP contribution is -2.10.